The molecule has 0 spiro atoms. The molecule has 1 aromatic carbocycles. The van der Waals surface area contributed by atoms with Gasteiger partial charge < -0.3 is 10.6 Å². The lowest BCUT2D eigenvalue weighted by Gasteiger charge is -2.28. The van der Waals surface area contributed by atoms with E-state index < -0.39 is 0 Å². The number of aromatic nitrogens is 1. The van der Waals surface area contributed by atoms with E-state index in [4.69, 9.17) is 0 Å². The van der Waals surface area contributed by atoms with Crippen molar-refractivity contribution in [2.24, 2.45) is 0 Å². The van der Waals surface area contributed by atoms with Crippen molar-refractivity contribution in [2.45, 2.75) is 49.6 Å². The van der Waals surface area contributed by atoms with Crippen LogP contribution in [0.4, 0.5) is 16.2 Å². The van der Waals surface area contributed by atoms with Crippen LogP contribution in [0.2, 0.25) is 0 Å². The van der Waals surface area contributed by atoms with E-state index in [0.717, 1.165) is 29.3 Å². The molecule has 1 aliphatic heterocycles. The van der Waals surface area contributed by atoms with E-state index in [2.05, 4.69) is 15.6 Å². The molecule has 0 radical (unpaired) electrons. The Bertz CT molecular complexity index is 863. The van der Waals surface area contributed by atoms with Gasteiger partial charge in [-0.15, -0.1) is 11.8 Å². The van der Waals surface area contributed by atoms with Gasteiger partial charge in [0.2, 0.25) is 0 Å². The summed E-state index contributed by atoms with van der Waals surface area (Å²) >= 11 is 1.66. The molecular weight excluding hydrogens is 384 g/mol. The third-order valence-corrected chi connectivity index (χ3v) is 6.40. The zero-order chi connectivity index (χ0) is 20.1. The van der Waals surface area contributed by atoms with Gasteiger partial charge >= 0.3 is 6.03 Å². The maximum absolute atomic E-state index is 12.7. The monoisotopic (exact) mass is 410 g/mol. The number of nitrogens with one attached hydrogen (secondary N) is 2. The number of fused-ring (bicyclic) bond motifs is 1. The standard InChI is InChI=1S/C22H26N4O2S/c27-20(24-17-6-3-1-2-4-7-17)16-9-11-18(12-10-16)25-22(28)26-14-15-29-21-19(26)8-5-13-23-21/h5,8-13,17H,1-4,6-7,14-15H2,(H,24,27)(H,25,28). The second-order valence-electron chi connectivity index (χ2n) is 7.50. The summed E-state index contributed by atoms with van der Waals surface area (Å²) in [7, 11) is 0. The number of carbonyl (C=O) groups excluding carboxylic acids is 2. The first kappa shape index (κ1) is 19.8. The van der Waals surface area contributed by atoms with E-state index in [1.165, 1.54) is 25.7 Å². The van der Waals surface area contributed by atoms with Crippen molar-refractivity contribution in [3.8, 4) is 0 Å². The molecule has 0 bridgehead atoms. The third-order valence-electron chi connectivity index (χ3n) is 5.43. The van der Waals surface area contributed by atoms with Crippen molar-refractivity contribution in [1.82, 2.24) is 10.3 Å². The first-order valence-electron chi connectivity index (χ1n) is 10.3. The maximum atomic E-state index is 12.7. The van der Waals surface area contributed by atoms with Gasteiger partial charge in [0.25, 0.3) is 5.91 Å². The lowest BCUT2D eigenvalue weighted by Crippen LogP contribution is -2.38. The molecule has 1 fully saturated rings. The Labute approximate surface area is 175 Å². The number of anilines is 2. The van der Waals surface area contributed by atoms with Gasteiger partial charge in [0.05, 0.1) is 5.69 Å². The van der Waals surface area contributed by atoms with Gasteiger partial charge in [-0.25, -0.2) is 9.78 Å². The van der Waals surface area contributed by atoms with Crippen LogP contribution in [0.3, 0.4) is 0 Å². The predicted octanol–water partition coefficient (Wildman–Crippen LogP) is 4.68. The fourth-order valence-corrected chi connectivity index (χ4v) is 4.78. The van der Waals surface area contributed by atoms with Crippen LogP contribution in [-0.2, 0) is 0 Å². The van der Waals surface area contributed by atoms with Crippen LogP contribution in [0.15, 0.2) is 47.6 Å². The number of urea groups is 1. The molecule has 0 atom stereocenters. The van der Waals surface area contributed by atoms with E-state index in [9.17, 15) is 9.59 Å². The summed E-state index contributed by atoms with van der Waals surface area (Å²) in [5.41, 5.74) is 2.13. The number of thioether (sulfide) groups is 1. The summed E-state index contributed by atoms with van der Waals surface area (Å²) in [6.45, 7) is 0.636. The summed E-state index contributed by atoms with van der Waals surface area (Å²) < 4.78 is 0. The van der Waals surface area contributed by atoms with Crippen LogP contribution in [-0.4, -0.2) is 35.3 Å². The molecule has 1 aliphatic carbocycles. The zero-order valence-corrected chi connectivity index (χ0v) is 17.2. The lowest BCUT2D eigenvalue weighted by molar-refractivity contribution is 0.0933. The van der Waals surface area contributed by atoms with Gasteiger partial charge in [-0.3, -0.25) is 9.69 Å². The van der Waals surface area contributed by atoms with Gasteiger partial charge in [0.15, 0.2) is 0 Å². The normalized spacial score (nSPS) is 17.2. The first-order valence-corrected chi connectivity index (χ1v) is 11.3. The molecular formula is C22H26N4O2S. The fourth-order valence-electron chi connectivity index (χ4n) is 3.85. The molecule has 0 saturated heterocycles. The van der Waals surface area contributed by atoms with Crippen molar-refractivity contribution < 1.29 is 9.59 Å². The molecule has 0 unspecified atom stereocenters. The number of rotatable bonds is 3. The maximum Gasteiger partial charge on any atom is 0.326 e. The van der Waals surface area contributed by atoms with E-state index in [0.29, 0.717) is 17.8 Å². The van der Waals surface area contributed by atoms with Gasteiger partial charge in [0, 0.05) is 35.8 Å². The molecule has 1 aromatic heterocycles. The smallest absolute Gasteiger partial charge is 0.326 e. The van der Waals surface area contributed by atoms with E-state index >= 15 is 0 Å². The molecule has 29 heavy (non-hydrogen) atoms. The lowest BCUT2D eigenvalue weighted by atomic mass is 10.1. The molecule has 6 nitrogen and oxygen atoms in total. The molecule has 4 rings (SSSR count). The number of carbonyl (C=O) groups is 2. The highest BCUT2D eigenvalue weighted by Gasteiger charge is 2.23. The summed E-state index contributed by atoms with van der Waals surface area (Å²) in [5.74, 6) is 0.778. The quantitative estimate of drug-likeness (QED) is 0.721. The minimum absolute atomic E-state index is 0.0390. The van der Waals surface area contributed by atoms with Crippen LogP contribution < -0.4 is 15.5 Å². The summed E-state index contributed by atoms with van der Waals surface area (Å²) in [6.07, 6.45) is 8.75. The third kappa shape index (κ3) is 4.90. The Morgan fingerprint density at radius 1 is 1.03 bits per heavy atom. The Morgan fingerprint density at radius 3 is 2.55 bits per heavy atom. The average Bonchev–Trinajstić information content (AvgIpc) is 3.02. The molecule has 3 amide bonds. The summed E-state index contributed by atoms with van der Waals surface area (Å²) in [5, 5.41) is 6.96. The van der Waals surface area contributed by atoms with Crippen LogP contribution in [0.5, 0.6) is 0 Å². The fraction of sp³-hybridized carbons (Fsp3) is 0.409. The number of amides is 3. The number of pyridine rings is 1. The zero-order valence-electron chi connectivity index (χ0n) is 16.4. The van der Waals surface area contributed by atoms with Gasteiger partial charge in [-0.2, -0.15) is 0 Å². The van der Waals surface area contributed by atoms with Crippen molar-refractivity contribution >= 4 is 35.1 Å². The molecule has 2 aromatic rings. The predicted molar refractivity (Wildman–Crippen MR) is 117 cm³/mol. The SMILES string of the molecule is O=C(NC1CCCCCC1)c1ccc(NC(=O)N2CCSc3ncccc32)cc1. The van der Waals surface area contributed by atoms with Crippen molar-refractivity contribution in [3.63, 3.8) is 0 Å². The van der Waals surface area contributed by atoms with Crippen molar-refractivity contribution in [2.75, 3.05) is 22.5 Å². The Hall–Kier alpha value is -2.54. The molecule has 2 N–H and O–H groups in total. The Kier molecular flexibility index (Phi) is 6.34. The molecule has 2 heterocycles. The van der Waals surface area contributed by atoms with E-state index in [1.54, 1.807) is 47.1 Å². The highest BCUT2D eigenvalue weighted by atomic mass is 32.2. The average molecular weight is 411 g/mol. The summed E-state index contributed by atoms with van der Waals surface area (Å²) in [4.78, 5) is 31.3. The van der Waals surface area contributed by atoms with E-state index in [1.807, 2.05) is 12.1 Å². The minimum Gasteiger partial charge on any atom is -0.349 e. The molecule has 152 valence electrons. The number of nitrogens with zero attached hydrogens (tertiary/aromatic N) is 2. The summed E-state index contributed by atoms with van der Waals surface area (Å²) in [6, 6.07) is 10.9. The molecule has 7 heteroatoms. The number of hydrogen-bond donors (Lipinski definition) is 2. The van der Waals surface area contributed by atoms with Crippen LogP contribution >= 0.6 is 11.8 Å². The van der Waals surface area contributed by atoms with E-state index in [-0.39, 0.29) is 18.0 Å². The van der Waals surface area contributed by atoms with Gasteiger partial charge in [-0.05, 0) is 49.2 Å². The molecule has 1 saturated carbocycles. The highest BCUT2D eigenvalue weighted by molar-refractivity contribution is 7.99. The highest BCUT2D eigenvalue weighted by Crippen LogP contribution is 2.32. The molecule has 2 aliphatic rings. The first-order chi connectivity index (χ1) is 14.2. The largest absolute Gasteiger partial charge is 0.349 e. The Morgan fingerprint density at radius 2 is 1.79 bits per heavy atom. The number of hydrogen-bond acceptors (Lipinski definition) is 4. The Balaban J connectivity index is 1.37. The second-order valence-corrected chi connectivity index (χ2v) is 8.58. The van der Waals surface area contributed by atoms with Crippen LogP contribution in [0.1, 0.15) is 48.9 Å². The van der Waals surface area contributed by atoms with Gasteiger partial charge in [-0.1, -0.05) is 25.7 Å². The minimum atomic E-state index is -0.185. The van der Waals surface area contributed by atoms with Gasteiger partial charge in [0.1, 0.15) is 5.03 Å². The van der Waals surface area contributed by atoms with Crippen molar-refractivity contribution in [1.29, 1.82) is 0 Å². The van der Waals surface area contributed by atoms with Crippen LogP contribution in [0.25, 0.3) is 0 Å². The topological polar surface area (TPSA) is 74.3 Å². The number of benzene rings is 1. The van der Waals surface area contributed by atoms with Crippen LogP contribution in [0, 0.1) is 0 Å². The van der Waals surface area contributed by atoms with Crippen molar-refractivity contribution in [3.05, 3.63) is 48.2 Å². The second kappa shape index (κ2) is 9.31.